The molecule has 0 bridgehead atoms. The third kappa shape index (κ3) is 2.30. The normalized spacial score (nSPS) is 29.3. The molecule has 0 aliphatic heterocycles. The highest BCUT2D eigenvalue weighted by Crippen LogP contribution is 2.32. The third-order valence-electron chi connectivity index (χ3n) is 3.19. The summed E-state index contributed by atoms with van der Waals surface area (Å²) in [5.41, 5.74) is 7.23. The Bertz CT molecular complexity index is 273. The van der Waals surface area contributed by atoms with E-state index in [0.29, 0.717) is 5.92 Å². The fraction of sp³-hybridized carbons (Fsp3) is 0.800. The molecule has 1 aromatic heterocycles. The summed E-state index contributed by atoms with van der Waals surface area (Å²) < 4.78 is 8.19. The van der Waals surface area contributed by atoms with Gasteiger partial charge in [-0.15, -0.1) is 0 Å². The van der Waals surface area contributed by atoms with Gasteiger partial charge in [0.15, 0.2) is 0 Å². The van der Waals surface area contributed by atoms with E-state index in [1.165, 1.54) is 31.0 Å². The van der Waals surface area contributed by atoms with Crippen LogP contribution in [0.1, 0.15) is 31.9 Å². The van der Waals surface area contributed by atoms with Gasteiger partial charge < -0.3 is 5.73 Å². The Morgan fingerprint density at radius 3 is 3.07 bits per heavy atom. The molecule has 3 atom stereocenters. The molecular formula is C10H17N3S. The molecule has 0 aromatic carbocycles. The zero-order valence-electron chi connectivity index (χ0n) is 8.52. The number of hydrogen-bond donors (Lipinski definition) is 1. The molecular weight excluding hydrogens is 194 g/mol. The Morgan fingerprint density at radius 2 is 2.50 bits per heavy atom. The highest BCUT2D eigenvalue weighted by molar-refractivity contribution is 6.99. The van der Waals surface area contributed by atoms with Gasteiger partial charge in [-0.2, -0.15) is 8.75 Å². The Kier molecular flexibility index (Phi) is 3.13. The highest BCUT2D eigenvalue weighted by Gasteiger charge is 2.26. The highest BCUT2D eigenvalue weighted by atomic mass is 32.1. The van der Waals surface area contributed by atoms with Crippen molar-refractivity contribution in [1.82, 2.24) is 8.75 Å². The van der Waals surface area contributed by atoms with Crippen molar-refractivity contribution in [3.63, 3.8) is 0 Å². The number of rotatable bonds is 3. The summed E-state index contributed by atoms with van der Waals surface area (Å²) in [7, 11) is 0. The molecule has 4 heteroatoms. The van der Waals surface area contributed by atoms with Gasteiger partial charge in [0.05, 0.1) is 23.6 Å². The number of nitrogens with zero attached hydrogens (tertiary/aromatic N) is 2. The number of nitrogens with two attached hydrogens (primary N) is 1. The first-order valence-corrected chi connectivity index (χ1v) is 6.00. The van der Waals surface area contributed by atoms with E-state index >= 15 is 0 Å². The summed E-state index contributed by atoms with van der Waals surface area (Å²) >= 11 is 1.27. The van der Waals surface area contributed by atoms with Crippen molar-refractivity contribution < 1.29 is 0 Å². The summed E-state index contributed by atoms with van der Waals surface area (Å²) in [6, 6.07) is 0.281. The van der Waals surface area contributed by atoms with Crippen molar-refractivity contribution in [2.24, 2.45) is 17.6 Å². The first-order valence-electron chi connectivity index (χ1n) is 5.27. The molecule has 1 heterocycles. The molecule has 3 nitrogen and oxygen atoms in total. The fourth-order valence-electron chi connectivity index (χ4n) is 2.32. The van der Waals surface area contributed by atoms with Crippen molar-refractivity contribution in [2.45, 2.75) is 38.6 Å². The van der Waals surface area contributed by atoms with Gasteiger partial charge in [0.2, 0.25) is 0 Å². The van der Waals surface area contributed by atoms with Gasteiger partial charge in [-0.3, -0.25) is 0 Å². The van der Waals surface area contributed by atoms with E-state index < -0.39 is 0 Å². The molecule has 1 fully saturated rings. The lowest BCUT2D eigenvalue weighted by molar-refractivity contribution is 0.413. The van der Waals surface area contributed by atoms with E-state index in [9.17, 15) is 0 Å². The minimum Gasteiger partial charge on any atom is -0.327 e. The molecule has 0 spiro atoms. The molecule has 78 valence electrons. The molecule has 14 heavy (non-hydrogen) atoms. The second-order valence-electron chi connectivity index (χ2n) is 4.45. The molecule has 2 rings (SSSR count). The van der Waals surface area contributed by atoms with Gasteiger partial charge in [-0.25, -0.2) is 0 Å². The van der Waals surface area contributed by atoms with Crippen molar-refractivity contribution in [2.75, 3.05) is 0 Å². The van der Waals surface area contributed by atoms with Crippen LogP contribution in [0.25, 0.3) is 0 Å². The van der Waals surface area contributed by atoms with Crippen LogP contribution in [0.15, 0.2) is 6.20 Å². The summed E-state index contributed by atoms with van der Waals surface area (Å²) in [5.74, 6) is 1.56. The molecule has 3 unspecified atom stereocenters. The Hall–Kier alpha value is -0.480. The van der Waals surface area contributed by atoms with E-state index in [1.807, 2.05) is 6.20 Å². The Morgan fingerprint density at radius 1 is 1.64 bits per heavy atom. The van der Waals surface area contributed by atoms with Gasteiger partial charge in [0.25, 0.3) is 0 Å². The fourth-order valence-corrected chi connectivity index (χ4v) is 2.76. The smallest absolute Gasteiger partial charge is 0.0758 e. The summed E-state index contributed by atoms with van der Waals surface area (Å²) in [6.07, 6.45) is 6.66. The second-order valence-corrected chi connectivity index (χ2v) is 5.00. The van der Waals surface area contributed by atoms with Crippen LogP contribution >= 0.6 is 11.7 Å². The van der Waals surface area contributed by atoms with Crippen molar-refractivity contribution >= 4 is 11.7 Å². The quantitative estimate of drug-likeness (QED) is 0.830. The lowest BCUT2D eigenvalue weighted by atomic mass is 9.94. The molecule has 0 amide bonds. The predicted octanol–water partition coefficient (Wildman–Crippen LogP) is 1.84. The summed E-state index contributed by atoms with van der Waals surface area (Å²) in [5, 5.41) is 0. The van der Waals surface area contributed by atoms with Crippen molar-refractivity contribution in [3.8, 4) is 0 Å². The van der Waals surface area contributed by atoms with Crippen LogP contribution in [-0.4, -0.2) is 14.8 Å². The van der Waals surface area contributed by atoms with Crippen LogP contribution in [0.4, 0.5) is 0 Å². The van der Waals surface area contributed by atoms with E-state index in [0.717, 1.165) is 18.0 Å². The molecule has 1 aliphatic carbocycles. The van der Waals surface area contributed by atoms with Crippen molar-refractivity contribution in [3.05, 3.63) is 11.9 Å². The van der Waals surface area contributed by atoms with Crippen LogP contribution in [0.3, 0.4) is 0 Å². The zero-order chi connectivity index (χ0) is 9.97. The predicted molar refractivity (Wildman–Crippen MR) is 58.1 cm³/mol. The molecule has 1 aliphatic rings. The average molecular weight is 211 g/mol. The average Bonchev–Trinajstić information content (AvgIpc) is 2.75. The lowest BCUT2D eigenvalue weighted by Crippen LogP contribution is -2.31. The number of hydrogen-bond acceptors (Lipinski definition) is 4. The van der Waals surface area contributed by atoms with E-state index in [2.05, 4.69) is 15.7 Å². The maximum atomic E-state index is 6.17. The zero-order valence-corrected chi connectivity index (χ0v) is 9.33. The van der Waals surface area contributed by atoms with Gasteiger partial charge in [-0.1, -0.05) is 13.3 Å². The number of aromatic nitrogens is 2. The summed E-state index contributed by atoms with van der Waals surface area (Å²) in [4.78, 5) is 0. The first-order chi connectivity index (χ1) is 6.75. The minimum absolute atomic E-state index is 0.281. The van der Waals surface area contributed by atoms with Crippen LogP contribution in [0, 0.1) is 11.8 Å². The third-order valence-corrected chi connectivity index (χ3v) is 3.71. The van der Waals surface area contributed by atoms with Crippen molar-refractivity contribution in [1.29, 1.82) is 0 Å². The maximum Gasteiger partial charge on any atom is 0.0758 e. The standard InChI is InChI=1S/C10H17N3S/c1-7-2-3-8(4-7)10(11)5-9-6-12-14-13-9/h6-8,10H,2-5,11H2,1H3. The van der Waals surface area contributed by atoms with Gasteiger partial charge in [0.1, 0.15) is 0 Å². The molecule has 0 radical (unpaired) electrons. The Balaban J connectivity index is 1.87. The van der Waals surface area contributed by atoms with Gasteiger partial charge in [0, 0.05) is 12.5 Å². The van der Waals surface area contributed by atoms with Crippen LogP contribution in [0.2, 0.25) is 0 Å². The Labute approximate surface area is 89.0 Å². The monoisotopic (exact) mass is 211 g/mol. The van der Waals surface area contributed by atoms with E-state index in [-0.39, 0.29) is 6.04 Å². The molecule has 1 saturated carbocycles. The largest absolute Gasteiger partial charge is 0.327 e. The molecule has 0 saturated heterocycles. The van der Waals surface area contributed by atoms with Gasteiger partial charge in [-0.05, 0) is 24.7 Å². The topological polar surface area (TPSA) is 51.8 Å². The second kappa shape index (κ2) is 4.36. The maximum absolute atomic E-state index is 6.17. The van der Waals surface area contributed by atoms with E-state index in [4.69, 9.17) is 5.73 Å². The lowest BCUT2D eigenvalue weighted by Gasteiger charge is -2.17. The molecule has 2 N–H and O–H groups in total. The first kappa shape index (κ1) is 10.1. The SMILES string of the molecule is CC1CCC(C(N)Cc2cnsn2)C1. The van der Waals surface area contributed by atoms with Crippen LogP contribution < -0.4 is 5.73 Å². The summed E-state index contributed by atoms with van der Waals surface area (Å²) in [6.45, 7) is 2.32. The van der Waals surface area contributed by atoms with Crippen LogP contribution in [0.5, 0.6) is 0 Å². The minimum atomic E-state index is 0.281. The van der Waals surface area contributed by atoms with E-state index in [1.54, 1.807) is 0 Å². The van der Waals surface area contributed by atoms with Crippen LogP contribution in [-0.2, 0) is 6.42 Å². The molecule has 1 aromatic rings. The van der Waals surface area contributed by atoms with Gasteiger partial charge >= 0.3 is 0 Å².